The van der Waals surface area contributed by atoms with Crippen LogP contribution >= 0.6 is 0 Å². The molecule has 0 radical (unpaired) electrons. The molecule has 35 heavy (non-hydrogen) atoms. The Labute approximate surface area is 207 Å². The lowest BCUT2D eigenvalue weighted by Gasteiger charge is -2.46. The van der Waals surface area contributed by atoms with Crippen LogP contribution in [0.4, 0.5) is 5.82 Å². The number of piperidine rings is 1. The number of fused-ring (bicyclic) bond motifs is 2. The molecule has 1 aromatic heterocycles. The predicted octanol–water partition coefficient (Wildman–Crippen LogP) is 4.41. The third kappa shape index (κ3) is 4.98. The molecule has 0 amide bonds. The van der Waals surface area contributed by atoms with Gasteiger partial charge >= 0.3 is 0 Å². The molecule has 2 aromatic carbocycles. The van der Waals surface area contributed by atoms with Crippen LogP contribution in [0.1, 0.15) is 31.2 Å². The normalized spacial score (nSPS) is 23.5. The minimum absolute atomic E-state index is 0.555. The second-order valence-electron chi connectivity index (χ2n) is 10.4. The fourth-order valence-electron chi connectivity index (χ4n) is 6.02. The third-order valence-electron chi connectivity index (χ3n) is 7.93. The molecular weight excluding hydrogens is 440 g/mol. The zero-order valence-corrected chi connectivity index (χ0v) is 20.7. The van der Waals surface area contributed by atoms with Crippen LogP contribution in [0.5, 0.6) is 11.5 Å². The fraction of sp³-hybridized carbons (Fsp3) is 0.536. The highest BCUT2D eigenvalue weighted by Crippen LogP contribution is 2.32. The van der Waals surface area contributed by atoms with Gasteiger partial charge in [0.2, 0.25) is 0 Å². The van der Waals surface area contributed by atoms with Crippen molar-refractivity contribution in [2.75, 3.05) is 57.9 Å². The van der Waals surface area contributed by atoms with Crippen LogP contribution in [0.25, 0.3) is 11.0 Å². The van der Waals surface area contributed by atoms with Crippen molar-refractivity contribution in [3.63, 3.8) is 0 Å². The topological polar surface area (TPSA) is 54.2 Å². The average Bonchev–Trinajstić information content (AvgIpc) is 3.57. The van der Waals surface area contributed by atoms with Gasteiger partial charge < -0.3 is 18.9 Å². The van der Waals surface area contributed by atoms with Gasteiger partial charge in [0.1, 0.15) is 11.5 Å². The maximum atomic E-state index is 6.34. The summed E-state index contributed by atoms with van der Waals surface area (Å²) in [5.41, 5.74) is 2.15. The largest absolute Gasteiger partial charge is 0.497 e. The third-order valence-corrected chi connectivity index (χ3v) is 7.93. The van der Waals surface area contributed by atoms with Crippen molar-refractivity contribution < 1.29 is 14.0 Å². The van der Waals surface area contributed by atoms with Crippen molar-refractivity contribution in [2.45, 2.75) is 38.3 Å². The molecule has 3 saturated heterocycles. The van der Waals surface area contributed by atoms with Gasteiger partial charge in [0.25, 0.3) is 0 Å². The smallest absolute Gasteiger partial charge is 0.180 e. The molecule has 3 fully saturated rings. The van der Waals surface area contributed by atoms with Crippen LogP contribution in [0.15, 0.2) is 47.0 Å². The van der Waals surface area contributed by atoms with E-state index in [2.05, 4.69) is 44.1 Å². The quantitative estimate of drug-likeness (QED) is 0.501. The van der Waals surface area contributed by atoms with Gasteiger partial charge in [-0.25, -0.2) is 0 Å². The lowest BCUT2D eigenvalue weighted by atomic mass is 9.91. The van der Waals surface area contributed by atoms with Crippen LogP contribution in [-0.4, -0.2) is 74.0 Å². The molecule has 3 aliphatic heterocycles. The van der Waals surface area contributed by atoms with E-state index in [-0.39, 0.29) is 0 Å². The van der Waals surface area contributed by atoms with Crippen molar-refractivity contribution in [1.29, 1.82) is 0 Å². The summed E-state index contributed by atoms with van der Waals surface area (Å²) < 4.78 is 17.5. The Morgan fingerprint density at radius 2 is 1.83 bits per heavy atom. The molecule has 0 aliphatic carbocycles. The van der Waals surface area contributed by atoms with Crippen LogP contribution in [0.3, 0.4) is 0 Å². The van der Waals surface area contributed by atoms with Gasteiger partial charge in [0.05, 0.1) is 19.1 Å². The number of methoxy groups -OCH3 is 1. The molecule has 0 unspecified atom stereocenters. The number of nitrogens with zero attached hydrogens (tertiary/aromatic N) is 4. The SMILES string of the molecule is COc1cc(CN2CCCC2)cc(OC[C@@H]2CC[C@H]3CN(c4noc5ccccc45)CCN3C2)c1. The highest BCUT2D eigenvalue weighted by Gasteiger charge is 2.34. The lowest BCUT2D eigenvalue weighted by molar-refractivity contribution is 0.0726. The Kier molecular flexibility index (Phi) is 6.53. The molecule has 3 aliphatic rings. The van der Waals surface area contributed by atoms with Crippen molar-refractivity contribution in [1.82, 2.24) is 15.0 Å². The van der Waals surface area contributed by atoms with Crippen molar-refractivity contribution >= 4 is 16.8 Å². The minimum atomic E-state index is 0.555. The van der Waals surface area contributed by atoms with E-state index in [1.807, 2.05) is 18.2 Å². The summed E-state index contributed by atoms with van der Waals surface area (Å²) in [7, 11) is 1.74. The number of hydrogen-bond donors (Lipinski definition) is 0. The van der Waals surface area contributed by atoms with E-state index in [0.717, 1.165) is 67.6 Å². The van der Waals surface area contributed by atoms with Gasteiger partial charge in [-0.05, 0) is 68.6 Å². The van der Waals surface area contributed by atoms with Crippen LogP contribution < -0.4 is 14.4 Å². The number of para-hydroxylation sites is 1. The van der Waals surface area contributed by atoms with Crippen molar-refractivity contribution in [2.24, 2.45) is 5.92 Å². The lowest BCUT2D eigenvalue weighted by Crippen LogP contribution is -2.57. The molecule has 3 aromatic rings. The molecule has 0 bridgehead atoms. The molecule has 0 N–H and O–H groups in total. The first-order valence-electron chi connectivity index (χ1n) is 13.1. The molecule has 7 nitrogen and oxygen atoms in total. The molecular formula is C28H36N4O3. The Bertz CT molecular complexity index is 1140. The van der Waals surface area contributed by atoms with E-state index in [4.69, 9.17) is 14.0 Å². The Balaban J connectivity index is 1.05. The minimum Gasteiger partial charge on any atom is -0.497 e. The summed E-state index contributed by atoms with van der Waals surface area (Å²) in [4.78, 5) is 7.57. The summed E-state index contributed by atoms with van der Waals surface area (Å²) in [5, 5.41) is 5.50. The zero-order chi connectivity index (χ0) is 23.6. The molecule has 7 heteroatoms. The van der Waals surface area contributed by atoms with Gasteiger partial charge in [-0.1, -0.05) is 17.3 Å². The average molecular weight is 477 g/mol. The van der Waals surface area contributed by atoms with E-state index in [0.29, 0.717) is 12.0 Å². The van der Waals surface area contributed by atoms with E-state index < -0.39 is 0 Å². The van der Waals surface area contributed by atoms with Gasteiger partial charge in [0.15, 0.2) is 11.4 Å². The predicted molar refractivity (Wildman–Crippen MR) is 137 cm³/mol. The maximum absolute atomic E-state index is 6.34. The molecule has 2 atom stereocenters. The van der Waals surface area contributed by atoms with Gasteiger partial charge in [0, 0.05) is 50.7 Å². The zero-order valence-electron chi connectivity index (χ0n) is 20.7. The Hall–Kier alpha value is -2.77. The summed E-state index contributed by atoms with van der Waals surface area (Å²) in [6.07, 6.45) is 5.00. The van der Waals surface area contributed by atoms with Gasteiger partial charge in [-0.2, -0.15) is 0 Å². The van der Waals surface area contributed by atoms with Gasteiger partial charge in [-0.15, -0.1) is 0 Å². The number of piperazine rings is 1. The molecule has 186 valence electrons. The second kappa shape index (κ2) is 10.1. The first kappa shape index (κ1) is 22.7. The van der Waals surface area contributed by atoms with Crippen molar-refractivity contribution in [3.05, 3.63) is 48.0 Å². The molecule has 0 saturated carbocycles. The van der Waals surface area contributed by atoms with E-state index in [1.54, 1.807) is 7.11 Å². The Morgan fingerprint density at radius 1 is 0.971 bits per heavy atom. The van der Waals surface area contributed by atoms with Crippen LogP contribution in [0.2, 0.25) is 0 Å². The summed E-state index contributed by atoms with van der Waals surface area (Å²) >= 11 is 0. The maximum Gasteiger partial charge on any atom is 0.180 e. The van der Waals surface area contributed by atoms with E-state index in [1.165, 1.54) is 44.3 Å². The molecule has 4 heterocycles. The first-order chi connectivity index (χ1) is 17.2. The number of ether oxygens (including phenoxy) is 2. The standard InChI is InChI=1S/C28H36N4O3/c1-33-24-14-22(17-30-10-4-5-11-30)15-25(16-24)34-20-21-8-9-23-19-32(13-12-31(23)18-21)28-26-6-2-3-7-27(26)35-29-28/h2-3,6-7,14-16,21,23H,4-5,8-13,17-20H2,1H3/t21-,23+/m1/s1. The summed E-state index contributed by atoms with van der Waals surface area (Å²) in [5.74, 6) is 3.37. The summed E-state index contributed by atoms with van der Waals surface area (Å²) in [6.45, 7) is 8.27. The number of anilines is 1. The first-order valence-corrected chi connectivity index (χ1v) is 13.1. The second-order valence-corrected chi connectivity index (χ2v) is 10.4. The van der Waals surface area contributed by atoms with Crippen LogP contribution in [-0.2, 0) is 6.54 Å². The van der Waals surface area contributed by atoms with Crippen molar-refractivity contribution in [3.8, 4) is 11.5 Å². The summed E-state index contributed by atoms with van der Waals surface area (Å²) in [6, 6.07) is 15.1. The number of benzene rings is 2. The number of likely N-dealkylation sites (tertiary alicyclic amines) is 1. The number of rotatable bonds is 7. The highest BCUT2D eigenvalue weighted by molar-refractivity contribution is 5.88. The molecule has 0 spiro atoms. The van der Waals surface area contributed by atoms with Crippen LogP contribution in [0, 0.1) is 5.92 Å². The monoisotopic (exact) mass is 476 g/mol. The van der Waals surface area contributed by atoms with E-state index in [9.17, 15) is 0 Å². The number of aromatic nitrogens is 1. The van der Waals surface area contributed by atoms with Gasteiger partial charge in [-0.3, -0.25) is 9.80 Å². The fourth-order valence-corrected chi connectivity index (χ4v) is 6.02. The Morgan fingerprint density at radius 3 is 2.71 bits per heavy atom. The van der Waals surface area contributed by atoms with E-state index >= 15 is 0 Å². The molecule has 6 rings (SSSR count). The highest BCUT2D eigenvalue weighted by atomic mass is 16.5. The number of hydrogen-bond acceptors (Lipinski definition) is 7.